The van der Waals surface area contributed by atoms with E-state index in [0.717, 1.165) is 0 Å². The highest BCUT2D eigenvalue weighted by Gasteiger charge is 2.35. The van der Waals surface area contributed by atoms with Gasteiger partial charge >= 0.3 is 17.6 Å². The Morgan fingerprint density at radius 1 is 0.500 bits per heavy atom. The van der Waals surface area contributed by atoms with Gasteiger partial charge in [0.15, 0.2) is 0 Å². The minimum Gasteiger partial charge on any atom is -0.374 e. The van der Waals surface area contributed by atoms with Crippen LogP contribution in [0, 0.1) is 0 Å². The van der Waals surface area contributed by atoms with Gasteiger partial charge in [-0.05, 0) is 11.4 Å². The Kier molecular flexibility index (Phi) is 8.56. The molecule has 0 spiro atoms. The fourth-order valence-electron chi connectivity index (χ4n) is 1.26. The second kappa shape index (κ2) is 8.72. The Hall–Kier alpha value is -0.326. The third kappa shape index (κ3) is 4.74. The second-order valence-corrected chi connectivity index (χ2v) is 8.68. The maximum absolute atomic E-state index is 5.24. The largest absolute Gasteiger partial charge is 0.528 e. The van der Waals surface area contributed by atoms with Crippen LogP contribution in [-0.2, 0) is 26.6 Å². The van der Waals surface area contributed by atoms with E-state index >= 15 is 0 Å². The molecule has 0 aromatic heterocycles. The fourth-order valence-corrected chi connectivity index (χ4v) is 3.77. The first-order valence-corrected chi connectivity index (χ1v) is 8.86. The Labute approximate surface area is 111 Å². The predicted octanol–water partition coefficient (Wildman–Crippen LogP) is 0.933. The molecule has 106 valence electrons. The van der Waals surface area contributed by atoms with E-state index in [1.54, 1.807) is 66.2 Å². The van der Waals surface area contributed by atoms with Gasteiger partial charge in [0, 0.05) is 42.7 Å². The van der Waals surface area contributed by atoms with Crippen molar-refractivity contribution in [3.8, 4) is 0 Å². The van der Waals surface area contributed by atoms with Crippen LogP contribution in [0.4, 0.5) is 0 Å². The van der Waals surface area contributed by atoms with Gasteiger partial charge in [0.05, 0.1) is 0 Å². The van der Waals surface area contributed by atoms with Crippen molar-refractivity contribution in [2.75, 3.05) is 42.7 Å². The Morgan fingerprint density at radius 2 is 0.722 bits per heavy atom. The molecular formula is C10H22O6Si2. The van der Waals surface area contributed by atoms with Gasteiger partial charge in [-0.15, -0.1) is 0 Å². The van der Waals surface area contributed by atoms with E-state index in [1.165, 1.54) is 0 Å². The molecule has 8 heteroatoms. The lowest BCUT2D eigenvalue weighted by Gasteiger charge is -2.21. The van der Waals surface area contributed by atoms with Gasteiger partial charge in [-0.1, -0.05) is 12.2 Å². The standard InChI is InChI=1S/C10H22O6Si2/c1-11-17(12-2,13-3)9-7-8-10-18(14-4,15-5)16-6/h7-10H,1-6H3. The summed E-state index contributed by atoms with van der Waals surface area (Å²) in [6, 6.07) is 0. The van der Waals surface area contributed by atoms with Crippen LogP contribution in [0.25, 0.3) is 0 Å². The molecule has 0 atom stereocenters. The highest BCUT2D eigenvalue weighted by atomic mass is 28.4. The van der Waals surface area contributed by atoms with Crippen molar-refractivity contribution in [3.05, 3.63) is 23.6 Å². The van der Waals surface area contributed by atoms with Crippen molar-refractivity contribution >= 4 is 17.6 Å². The van der Waals surface area contributed by atoms with Gasteiger partial charge in [-0.2, -0.15) is 0 Å². The van der Waals surface area contributed by atoms with Crippen molar-refractivity contribution in [2.24, 2.45) is 0 Å². The molecule has 0 bridgehead atoms. The minimum atomic E-state index is -2.68. The predicted molar refractivity (Wildman–Crippen MR) is 71.8 cm³/mol. The maximum Gasteiger partial charge on any atom is 0.528 e. The van der Waals surface area contributed by atoms with Crippen LogP contribution in [0.15, 0.2) is 23.6 Å². The van der Waals surface area contributed by atoms with Crippen LogP contribution in [0.3, 0.4) is 0 Å². The van der Waals surface area contributed by atoms with Crippen LogP contribution in [-0.4, -0.2) is 60.3 Å². The first-order valence-electron chi connectivity index (χ1n) is 5.25. The topological polar surface area (TPSA) is 55.4 Å². The monoisotopic (exact) mass is 294 g/mol. The smallest absolute Gasteiger partial charge is 0.374 e. The van der Waals surface area contributed by atoms with Crippen molar-refractivity contribution in [3.63, 3.8) is 0 Å². The highest BCUT2D eigenvalue weighted by Crippen LogP contribution is 2.10. The normalized spacial score (nSPS) is 13.9. The summed E-state index contributed by atoms with van der Waals surface area (Å²) in [7, 11) is 3.92. The van der Waals surface area contributed by atoms with Crippen molar-refractivity contribution in [1.29, 1.82) is 0 Å². The molecule has 0 amide bonds. The van der Waals surface area contributed by atoms with Gasteiger partial charge in [0.2, 0.25) is 0 Å². The maximum atomic E-state index is 5.24. The Balaban J connectivity index is 4.72. The molecule has 0 fully saturated rings. The summed E-state index contributed by atoms with van der Waals surface area (Å²) in [5, 5.41) is 0. The van der Waals surface area contributed by atoms with Crippen LogP contribution in [0.1, 0.15) is 0 Å². The molecule has 18 heavy (non-hydrogen) atoms. The average Bonchev–Trinajstić information content (AvgIpc) is 2.45. The van der Waals surface area contributed by atoms with Crippen LogP contribution < -0.4 is 0 Å². The van der Waals surface area contributed by atoms with Crippen molar-refractivity contribution < 1.29 is 26.6 Å². The van der Waals surface area contributed by atoms with E-state index in [-0.39, 0.29) is 0 Å². The lowest BCUT2D eigenvalue weighted by Crippen LogP contribution is -2.41. The zero-order chi connectivity index (χ0) is 14.1. The van der Waals surface area contributed by atoms with E-state index in [2.05, 4.69) is 0 Å². The zero-order valence-corrected chi connectivity index (χ0v) is 13.8. The van der Waals surface area contributed by atoms with E-state index in [4.69, 9.17) is 26.6 Å². The summed E-state index contributed by atoms with van der Waals surface area (Å²) < 4.78 is 31.4. The quantitative estimate of drug-likeness (QED) is 0.466. The van der Waals surface area contributed by atoms with Crippen LogP contribution >= 0.6 is 0 Å². The summed E-state index contributed by atoms with van der Waals surface area (Å²) in [5.74, 6) is 0. The van der Waals surface area contributed by atoms with E-state index in [1.807, 2.05) is 0 Å². The lowest BCUT2D eigenvalue weighted by molar-refractivity contribution is 0.137. The molecule has 0 radical (unpaired) electrons. The molecule has 0 N–H and O–H groups in total. The zero-order valence-electron chi connectivity index (χ0n) is 11.8. The van der Waals surface area contributed by atoms with Gasteiger partial charge < -0.3 is 26.6 Å². The molecule has 0 aliphatic rings. The molecule has 0 heterocycles. The summed E-state index contributed by atoms with van der Waals surface area (Å²) in [5.41, 5.74) is 3.51. The van der Waals surface area contributed by atoms with Gasteiger partial charge in [0.25, 0.3) is 0 Å². The summed E-state index contributed by atoms with van der Waals surface area (Å²) >= 11 is 0. The first-order chi connectivity index (χ1) is 8.57. The SMILES string of the molecule is CO[Si](C=CC=C[Si](OC)(OC)OC)(OC)OC. The number of hydrogen-bond acceptors (Lipinski definition) is 6. The molecule has 0 saturated heterocycles. The molecule has 0 rings (SSSR count). The molecule has 0 aromatic carbocycles. The van der Waals surface area contributed by atoms with Gasteiger partial charge in [0.1, 0.15) is 0 Å². The Morgan fingerprint density at radius 3 is 0.889 bits per heavy atom. The third-order valence-corrected chi connectivity index (χ3v) is 7.03. The summed E-state index contributed by atoms with van der Waals surface area (Å²) in [6.07, 6.45) is 3.53. The first kappa shape index (κ1) is 17.7. The molecule has 6 nitrogen and oxygen atoms in total. The summed E-state index contributed by atoms with van der Waals surface area (Å²) in [4.78, 5) is 0. The number of allylic oxidation sites excluding steroid dienone is 2. The summed E-state index contributed by atoms with van der Waals surface area (Å²) in [6.45, 7) is 0. The van der Waals surface area contributed by atoms with E-state index in [9.17, 15) is 0 Å². The van der Waals surface area contributed by atoms with Crippen LogP contribution in [0.5, 0.6) is 0 Å². The number of hydrogen-bond donors (Lipinski definition) is 0. The van der Waals surface area contributed by atoms with Crippen molar-refractivity contribution in [2.45, 2.75) is 0 Å². The minimum absolute atomic E-state index is 1.55. The van der Waals surface area contributed by atoms with E-state index < -0.39 is 17.6 Å². The molecule has 0 saturated carbocycles. The van der Waals surface area contributed by atoms with Gasteiger partial charge in [-0.25, -0.2) is 0 Å². The van der Waals surface area contributed by atoms with Crippen LogP contribution in [0.2, 0.25) is 0 Å². The molecule has 0 aliphatic heterocycles. The van der Waals surface area contributed by atoms with Crippen molar-refractivity contribution in [1.82, 2.24) is 0 Å². The van der Waals surface area contributed by atoms with E-state index in [0.29, 0.717) is 0 Å². The molecule has 0 aromatic rings. The third-order valence-electron chi connectivity index (χ3n) is 2.42. The van der Waals surface area contributed by atoms with Gasteiger partial charge in [-0.3, -0.25) is 0 Å². The average molecular weight is 294 g/mol. The fraction of sp³-hybridized carbons (Fsp3) is 0.600. The number of rotatable bonds is 9. The molecular weight excluding hydrogens is 272 g/mol. The second-order valence-electron chi connectivity index (χ2n) is 3.15. The highest BCUT2D eigenvalue weighted by molar-refractivity contribution is 6.67. The lowest BCUT2D eigenvalue weighted by atomic mass is 10.6. The molecule has 0 unspecified atom stereocenters. The molecule has 0 aliphatic carbocycles. The Bertz CT molecular complexity index is 229.